The zero-order valence-electron chi connectivity index (χ0n) is 17.0. The second kappa shape index (κ2) is 8.74. The number of benzene rings is 2. The SMILES string of the molecule is COc1ccc(S(=O)(=O)NC2CC2)cc1NC(=O)c1cccc(-n2ccnc2SC)c1. The molecular formula is C21H22N4O4S2. The Kier molecular flexibility index (Phi) is 6.03. The number of hydrogen-bond donors (Lipinski definition) is 2. The van der Waals surface area contributed by atoms with E-state index in [4.69, 9.17) is 4.74 Å². The van der Waals surface area contributed by atoms with E-state index < -0.39 is 10.0 Å². The topological polar surface area (TPSA) is 102 Å². The number of amides is 1. The van der Waals surface area contributed by atoms with Crippen molar-refractivity contribution in [2.24, 2.45) is 0 Å². The van der Waals surface area contributed by atoms with E-state index in [1.807, 2.05) is 23.1 Å². The molecule has 1 aromatic heterocycles. The Morgan fingerprint density at radius 3 is 2.74 bits per heavy atom. The van der Waals surface area contributed by atoms with E-state index >= 15 is 0 Å². The minimum atomic E-state index is -3.66. The highest BCUT2D eigenvalue weighted by Gasteiger charge is 2.28. The van der Waals surface area contributed by atoms with Crippen LogP contribution in [-0.4, -0.2) is 43.3 Å². The molecule has 0 atom stereocenters. The Labute approximate surface area is 185 Å². The summed E-state index contributed by atoms with van der Waals surface area (Å²) in [5.41, 5.74) is 1.50. The van der Waals surface area contributed by atoms with Gasteiger partial charge in [-0.05, 0) is 55.5 Å². The number of anilines is 1. The van der Waals surface area contributed by atoms with Gasteiger partial charge in [0.05, 0.1) is 17.7 Å². The predicted octanol–water partition coefficient (Wildman–Crippen LogP) is 3.30. The van der Waals surface area contributed by atoms with Crippen LogP contribution in [0.25, 0.3) is 5.69 Å². The van der Waals surface area contributed by atoms with E-state index in [9.17, 15) is 13.2 Å². The van der Waals surface area contributed by atoms with Crippen LogP contribution in [0.5, 0.6) is 5.75 Å². The molecule has 1 fully saturated rings. The van der Waals surface area contributed by atoms with E-state index in [0.717, 1.165) is 23.7 Å². The number of sulfonamides is 1. The number of methoxy groups -OCH3 is 1. The Balaban J connectivity index is 1.61. The fourth-order valence-electron chi connectivity index (χ4n) is 3.07. The van der Waals surface area contributed by atoms with E-state index in [0.29, 0.717) is 11.3 Å². The first-order valence-corrected chi connectivity index (χ1v) is 12.3. The quantitative estimate of drug-likeness (QED) is 0.502. The molecule has 10 heteroatoms. The van der Waals surface area contributed by atoms with Crippen LogP contribution in [0.2, 0.25) is 0 Å². The summed E-state index contributed by atoms with van der Waals surface area (Å²) in [6.45, 7) is 0. The molecule has 0 aliphatic heterocycles. The second-order valence-corrected chi connectivity index (χ2v) is 9.53. The number of rotatable bonds is 8. The third-order valence-electron chi connectivity index (χ3n) is 4.80. The first kappa shape index (κ1) is 21.4. The molecule has 0 unspecified atom stereocenters. The number of thioether (sulfide) groups is 1. The van der Waals surface area contributed by atoms with Crippen molar-refractivity contribution < 1.29 is 17.9 Å². The Morgan fingerprint density at radius 2 is 2.03 bits per heavy atom. The summed E-state index contributed by atoms with van der Waals surface area (Å²) in [5.74, 6) is -0.00942. The molecule has 1 aliphatic carbocycles. The summed E-state index contributed by atoms with van der Waals surface area (Å²) in [7, 11) is -2.19. The van der Waals surface area contributed by atoms with E-state index in [-0.39, 0.29) is 22.5 Å². The second-order valence-electron chi connectivity index (χ2n) is 7.05. The van der Waals surface area contributed by atoms with Gasteiger partial charge in [0.2, 0.25) is 10.0 Å². The largest absolute Gasteiger partial charge is 0.495 e. The van der Waals surface area contributed by atoms with Crippen molar-refractivity contribution in [1.82, 2.24) is 14.3 Å². The standard InChI is InChI=1S/C21H22N4O4S2/c1-29-19-9-8-17(31(27,28)24-15-6-7-15)13-18(19)23-20(26)14-4-3-5-16(12-14)25-11-10-22-21(25)30-2/h3-5,8-13,15,24H,6-7H2,1-2H3,(H,23,26). The van der Waals surface area contributed by atoms with Gasteiger partial charge in [-0.25, -0.2) is 18.1 Å². The number of carbonyl (C=O) groups is 1. The summed E-state index contributed by atoms with van der Waals surface area (Å²) >= 11 is 1.50. The smallest absolute Gasteiger partial charge is 0.255 e. The lowest BCUT2D eigenvalue weighted by molar-refractivity contribution is 0.102. The molecule has 4 rings (SSSR count). The molecule has 2 N–H and O–H groups in total. The van der Waals surface area contributed by atoms with Crippen molar-refractivity contribution in [3.63, 3.8) is 0 Å². The van der Waals surface area contributed by atoms with Crippen LogP contribution in [0.3, 0.4) is 0 Å². The first-order chi connectivity index (χ1) is 14.9. The maximum Gasteiger partial charge on any atom is 0.255 e. The monoisotopic (exact) mass is 458 g/mol. The van der Waals surface area contributed by atoms with Crippen LogP contribution in [0.1, 0.15) is 23.2 Å². The van der Waals surface area contributed by atoms with Crippen molar-refractivity contribution in [2.75, 3.05) is 18.7 Å². The van der Waals surface area contributed by atoms with Gasteiger partial charge in [0, 0.05) is 29.7 Å². The first-order valence-electron chi connectivity index (χ1n) is 9.61. The molecule has 3 aromatic rings. The van der Waals surface area contributed by atoms with Gasteiger partial charge in [0.15, 0.2) is 5.16 Å². The third-order valence-corrected chi connectivity index (χ3v) is 6.99. The highest BCUT2D eigenvalue weighted by Crippen LogP contribution is 2.30. The number of aromatic nitrogens is 2. The zero-order chi connectivity index (χ0) is 22.0. The summed E-state index contributed by atoms with van der Waals surface area (Å²) in [5, 5.41) is 3.58. The summed E-state index contributed by atoms with van der Waals surface area (Å²) in [6.07, 6.45) is 7.13. The maximum atomic E-state index is 12.9. The molecule has 1 heterocycles. The highest BCUT2D eigenvalue weighted by molar-refractivity contribution is 7.98. The molecular weight excluding hydrogens is 436 g/mol. The van der Waals surface area contributed by atoms with Crippen molar-refractivity contribution in [2.45, 2.75) is 28.9 Å². The number of nitrogens with one attached hydrogen (secondary N) is 2. The third kappa shape index (κ3) is 4.76. The number of ether oxygens (including phenoxy) is 1. The molecule has 1 saturated carbocycles. The minimum absolute atomic E-state index is 0.0118. The molecule has 0 saturated heterocycles. The van der Waals surface area contributed by atoms with Crippen LogP contribution in [0.4, 0.5) is 5.69 Å². The van der Waals surface area contributed by atoms with Gasteiger partial charge in [-0.15, -0.1) is 0 Å². The van der Waals surface area contributed by atoms with Crippen molar-refractivity contribution in [3.05, 3.63) is 60.4 Å². The van der Waals surface area contributed by atoms with Crippen molar-refractivity contribution in [3.8, 4) is 11.4 Å². The molecule has 8 nitrogen and oxygen atoms in total. The van der Waals surface area contributed by atoms with Gasteiger partial charge in [-0.3, -0.25) is 9.36 Å². The Bertz CT molecular complexity index is 1220. The van der Waals surface area contributed by atoms with Gasteiger partial charge in [0.25, 0.3) is 5.91 Å². The van der Waals surface area contributed by atoms with Crippen LogP contribution < -0.4 is 14.8 Å². The van der Waals surface area contributed by atoms with Crippen LogP contribution in [0, 0.1) is 0 Å². The molecule has 0 bridgehead atoms. The van der Waals surface area contributed by atoms with Gasteiger partial charge in [0.1, 0.15) is 5.75 Å². The number of imidazole rings is 1. The van der Waals surface area contributed by atoms with Crippen LogP contribution in [0.15, 0.2) is 64.9 Å². The Hall–Kier alpha value is -2.82. The van der Waals surface area contributed by atoms with Crippen LogP contribution in [-0.2, 0) is 10.0 Å². The van der Waals surface area contributed by atoms with Crippen molar-refractivity contribution >= 4 is 33.4 Å². The fraction of sp³-hybridized carbons (Fsp3) is 0.238. The fourth-order valence-corrected chi connectivity index (χ4v) is 4.93. The van der Waals surface area contributed by atoms with E-state index in [2.05, 4.69) is 15.0 Å². The van der Waals surface area contributed by atoms with Gasteiger partial charge in [-0.2, -0.15) is 0 Å². The van der Waals surface area contributed by atoms with Gasteiger partial charge >= 0.3 is 0 Å². The summed E-state index contributed by atoms with van der Waals surface area (Å²) < 4.78 is 34.9. The molecule has 162 valence electrons. The van der Waals surface area contributed by atoms with E-state index in [1.54, 1.807) is 24.4 Å². The van der Waals surface area contributed by atoms with Crippen molar-refractivity contribution in [1.29, 1.82) is 0 Å². The maximum absolute atomic E-state index is 12.9. The lowest BCUT2D eigenvalue weighted by Gasteiger charge is -2.13. The van der Waals surface area contributed by atoms with Gasteiger partial charge < -0.3 is 10.1 Å². The average molecular weight is 459 g/mol. The van der Waals surface area contributed by atoms with Crippen LogP contribution >= 0.6 is 11.8 Å². The molecule has 1 aliphatic rings. The zero-order valence-corrected chi connectivity index (χ0v) is 18.7. The molecule has 1 amide bonds. The predicted molar refractivity (Wildman–Crippen MR) is 120 cm³/mol. The molecule has 31 heavy (non-hydrogen) atoms. The average Bonchev–Trinajstić information content (AvgIpc) is 3.44. The number of carbonyl (C=O) groups excluding carboxylic acids is 1. The summed E-state index contributed by atoms with van der Waals surface area (Å²) in [6, 6.07) is 11.5. The van der Waals surface area contributed by atoms with Gasteiger partial charge in [-0.1, -0.05) is 17.8 Å². The minimum Gasteiger partial charge on any atom is -0.495 e. The normalized spacial score (nSPS) is 13.7. The molecule has 0 radical (unpaired) electrons. The molecule has 0 spiro atoms. The lowest BCUT2D eigenvalue weighted by Crippen LogP contribution is -2.26. The lowest BCUT2D eigenvalue weighted by atomic mass is 10.1. The molecule has 2 aromatic carbocycles. The highest BCUT2D eigenvalue weighted by atomic mass is 32.2. The summed E-state index contributed by atoms with van der Waals surface area (Å²) in [4.78, 5) is 17.3. The number of hydrogen-bond acceptors (Lipinski definition) is 6. The Morgan fingerprint density at radius 1 is 1.23 bits per heavy atom. The number of nitrogens with zero attached hydrogens (tertiary/aromatic N) is 2. The van der Waals surface area contributed by atoms with E-state index in [1.165, 1.54) is 37.1 Å².